The zero-order valence-corrected chi connectivity index (χ0v) is 17.1. The Morgan fingerprint density at radius 3 is 2.30 bits per heavy atom. The molecule has 2 aromatic rings. The topological polar surface area (TPSA) is 102 Å². The molecule has 0 bridgehead atoms. The van der Waals surface area contributed by atoms with Gasteiger partial charge in [0, 0.05) is 31.9 Å². The summed E-state index contributed by atoms with van der Waals surface area (Å²) in [5.41, 5.74) is 7.28. The summed E-state index contributed by atoms with van der Waals surface area (Å²) in [5.74, 6) is -0.0996. The van der Waals surface area contributed by atoms with Gasteiger partial charge in [0.2, 0.25) is 10.0 Å². The number of sulfonamides is 1. The van der Waals surface area contributed by atoms with Crippen LogP contribution in [-0.2, 0) is 16.6 Å². The lowest BCUT2D eigenvalue weighted by atomic mass is 10.1. The van der Waals surface area contributed by atoms with E-state index in [2.05, 4.69) is 5.32 Å². The van der Waals surface area contributed by atoms with Gasteiger partial charge in [0.15, 0.2) is 0 Å². The van der Waals surface area contributed by atoms with Gasteiger partial charge in [-0.25, -0.2) is 12.7 Å². The Bertz CT molecular complexity index is 884. The Hall–Kier alpha value is -2.13. The number of benzene rings is 2. The van der Waals surface area contributed by atoms with E-state index in [1.807, 2.05) is 0 Å². The molecule has 0 saturated heterocycles. The molecule has 27 heavy (non-hydrogen) atoms. The predicted molar refractivity (Wildman–Crippen MR) is 108 cm³/mol. The number of ether oxygens (including phenoxy) is 1. The van der Waals surface area contributed by atoms with Crippen LogP contribution in [0.25, 0.3) is 0 Å². The molecule has 0 heterocycles. The van der Waals surface area contributed by atoms with E-state index in [1.165, 1.54) is 26.2 Å². The molecule has 0 aliphatic heterocycles. The lowest BCUT2D eigenvalue weighted by Crippen LogP contribution is -2.23. The van der Waals surface area contributed by atoms with E-state index in [0.717, 1.165) is 9.87 Å². The highest BCUT2D eigenvalue weighted by atomic mass is 35.5. The quantitative estimate of drug-likeness (QED) is 0.725. The van der Waals surface area contributed by atoms with E-state index in [9.17, 15) is 13.2 Å². The summed E-state index contributed by atoms with van der Waals surface area (Å²) in [5, 5.41) is 2.71. The summed E-state index contributed by atoms with van der Waals surface area (Å²) in [7, 11) is -0.839. The fourth-order valence-corrected chi connectivity index (χ4v) is 3.30. The number of nitrogens with zero attached hydrogens (tertiary/aromatic N) is 1. The van der Waals surface area contributed by atoms with Crippen LogP contribution in [0.3, 0.4) is 0 Å². The molecule has 9 heteroatoms. The molecule has 0 aromatic heterocycles. The van der Waals surface area contributed by atoms with Gasteiger partial charge in [0.05, 0.1) is 6.61 Å². The van der Waals surface area contributed by atoms with Crippen LogP contribution in [0.2, 0.25) is 0 Å². The second-order valence-corrected chi connectivity index (χ2v) is 7.86. The van der Waals surface area contributed by atoms with Crippen LogP contribution in [0.5, 0.6) is 5.75 Å². The van der Waals surface area contributed by atoms with Gasteiger partial charge >= 0.3 is 0 Å². The highest BCUT2D eigenvalue weighted by molar-refractivity contribution is 7.89. The van der Waals surface area contributed by atoms with Gasteiger partial charge in [-0.15, -0.1) is 12.4 Å². The number of carbonyl (C=O) groups is 1. The predicted octanol–water partition coefficient (Wildman–Crippen LogP) is 2.47. The number of hydrogen-bond acceptors (Lipinski definition) is 5. The van der Waals surface area contributed by atoms with Gasteiger partial charge in [-0.3, -0.25) is 4.79 Å². The third-order valence-corrected chi connectivity index (χ3v) is 5.55. The van der Waals surface area contributed by atoms with E-state index in [-0.39, 0.29) is 29.0 Å². The van der Waals surface area contributed by atoms with E-state index >= 15 is 0 Å². The number of nitrogens with one attached hydrogen (secondary N) is 1. The highest BCUT2D eigenvalue weighted by Gasteiger charge is 2.23. The van der Waals surface area contributed by atoms with Crippen molar-refractivity contribution in [3.63, 3.8) is 0 Å². The Morgan fingerprint density at radius 2 is 1.78 bits per heavy atom. The van der Waals surface area contributed by atoms with Crippen molar-refractivity contribution in [2.45, 2.75) is 18.4 Å². The number of nitrogens with two attached hydrogens (primary N) is 1. The minimum Gasteiger partial charge on any atom is -0.492 e. The Labute approximate surface area is 166 Å². The summed E-state index contributed by atoms with van der Waals surface area (Å²) in [6.45, 7) is 2.49. The minimum absolute atomic E-state index is 0. The molecule has 0 unspecified atom stereocenters. The van der Waals surface area contributed by atoms with Crippen LogP contribution >= 0.6 is 12.4 Å². The monoisotopic (exact) mass is 413 g/mol. The lowest BCUT2D eigenvalue weighted by molar-refractivity contribution is 0.102. The van der Waals surface area contributed by atoms with Crippen LogP contribution in [0.1, 0.15) is 22.8 Å². The molecular weight excluding hydrogens is 390 g/mol. The van der Waals surface area contributed by atoms with Crippen LogP contribution in [-0.4, -0.2) is 39.3 Å². The van der Waals surface area contributed by atoms with Crippen LogP contribution < -0.4 is 15.8 Å². The summed E-state index contributed by atoms with van der Waals surface area (Å²) < 4.78 is 31.6. The van der Waals surface area contributed by atoms with E-state index in [4.69, 9.17) is 10.5 Å². The van der Waals surface area contributed by atoms with Crippen LogP contribution in [0, 0.1) is 0 Å². The van der Waals surface area contributed by atoms with E-state index in [0.29, 0.717) is 24.4 Å². The first-order valence-corrected chi connectivity index (χ1v) is 9.53. The van der Waals surface area contributed by atoms with Crippen molar-refractivity contribution in [2.24, 2.45) is 5.73 Å². The molecule has 3 N–H and O–H groups in total. The first kappa shape index (κ1) is 22.9. The van der Waals surface area contributed by atoms with Crippen molar-refractivity contribution in [3.8, 4) is 5.75 Å². The fraction of sp³-hybridized carbons (Fsp3) is 0.278. The molecule has 0 spiro atoms. The summed E-state index contributed by atoms with van der Waals surface area (Å²) in [6, 6.07) is 11.4. The maximum atomic E-state index is 12.5. The number of hydrogen-bond donors (Lipinski definition) is 2. The zero-order valence-electron chi connectivity index (χ0n) is 15.4. The second-order valence-electron chi connectivity index (χ2n) is 5.74. The number of carbonyl (C=O) groups excluding carboxylic acids is 1. The molecule has 0 aliphatic rings. The molecule has 0 atom stereocenters. The maximum absolute atomic E-state index is 12.5. The van der Waals surface area contributed by atoms with Gasteiger partial charge in [-0.05, 0) is 42.8 Å². The standard InChI is InChI=1S/C18H23N3O4S.ClH/c1-4-25-16-10-9-15(11-17(16)26(23,24)21(2)3)20-18(22)14-7-5-13(12-19)6-8-14;/h5-11H,4,12,19H2,1-3H3,(H,20,22);1H. The normalized spacial score (nSPS) is 11.0. The van der Waals surface area contributed by atoms with Crippen molar-refractivity contribution in [1.82, 2.24) is 4.31 Å². The third kappa shape index (κ3) is 5.43. The Kier molecular flexibility index (Phi) is 8.23. The van der Waals surface area contributed by atoms with Gasteiger partial charge in [0.25, 0.3) is 5.91 Å². The summed E-state index contributed by atoms with van der Waals surface area (Å²) in [6.07, 6.45) is 0. The maximum Gasteiger partial charge on any atom is 0.255 e. The smallest absolute Gasteiger partial charge is 0.255 e. The third-order valence-electron chi connectivity index (χ3n) is 3.71. The number of rotatable bonds is 7. The highest BCUT2D eigenvalue weighted by Crippen LogP contribution is 2.29. The van der Waals surface area contributed by atoms with Crippen molar-refractivity contribution in [3.05, 3.63) is 53.6 Å². The van der Waals surface area contributed by atoms with Crippen molar-refractivity contribution >= 4 is 34.0 Å². The minimum atomic E-state index is -3.72. The molecule has 2 aromatic carbocycles. The van der Waals surface area contributed by atoms with Gasteiger partial charge < -0.3 is 15.8 Å². The molecule has 0 radical (unpaired) electrons. The largest absolute Gasteiger partial charge is 0.492 e. The molecule has 148 valence electrons. The Balaban J connectivity index is 0.00000364. The molecule has 0 aliphatic carbocycles. The van der Waals surface area contributed by atoms with E-state index in [1.54, 1.807) is 37.3 Å². The molecule has 1 amide bonds. The average molecular weight is 414 g/mol. The van der Waals surface area contributed by atoms with Gasteiger partial charge in [0.1, 0.15) is 10.6 Å². The molecule has 0 fully saturated rings. The van der Waals surface area contributed by atoms with Gasteiger partial charge in [-0.1, -0.05) is 12.1 Å². The second kappa shape index (κ2) is 9.70. The zero-order chi connectivity index (χ0) is 19.3. The SMILES string of the molecule is CCOc1ccc(NC(=O)c2ccc(CN)cc2)cc1S(=O)(=O)N(C)C.Cl. The van der Waals surface area contributed by atoms with Crippen LogP contribution in [0.15, 0.2) is 47.4 Å². The average Bonchev–Trinajstić information content (AvgIpc) is 2.63. The van der Waals surface area contributed by atoms with Crippen molar-refractivity contribution < 1.29 is 17.9 Å². The molecule has 2 rings (SSSR count). The Morgan fingerprint density at radius 1 is 1.15 bits per heavy atom. The number of amides is 1. The molecule has 7 nitrogen and oxygen atoms in total. The number of halogens is 1. The first-order valence-electron chi connectivity index (χ1n) is 8.09. The van der Waals surface area contributed by atoms with E-state index < -0.39 is 10.0 Å². The fourth-order valence-electron chi connectivity index (χ4n) is 2.25. The van der Waals surface area contributed by atoms with Crippen molar-refractivity contribution in [1.29, 1.82) is 0 Å². The molecular formula is C18H24ClN3O4S. The van der Waals surface area contributed by atoms with Crippen molar-refractivity contribution in [2.75, 3.05) is 26.0 Å². The number of anilines is 1. The first-order chi connectivity index (χ1) is 12.3. The van der Waals surface area contributed by atoms with Gasteiger partial charge in [-0.2, -0.15) is 0 Å². The molecule has 0 saturated carbocycles. The summed E-state index contributed by atoms with van der Waals surface area (Å²) in [4.78, 5) is 12.4. The summed E-state index contributed by atoms with van der Waals surface area (Å²) >= 11 is 0. The van der Waals surface area contributed by atoms with Crippen LogP contribution in [0.4, 0.5) is 5.69 Å². The lowest BCUT2D eigenvalue weighted by Gasteiger charge is -2.16.